The van der Waals surface area contributed by atoms with Crippen LogP contribution in [0.15, 0.2) is 30.4 Å². The van der Waals surface area contributed by atoms with Gasteiger partial charge in [0.25, 0.3) is 5.91 Å². The first-order chi connectivity index (χ1) is 25.3. The van der Waals surface area contributed by atoms with E-state index in [2.05, 4.69) is 15.4 Å². The van der Waals surface area contributed by atoms with E-state index >= 15 is 0 Å². The van der Waals surface area contributed by atoms with Crippen LogP contribution in [-0.2, 0) is 33.9 Å². The van der Waals surface area contributed by atoms with E-state index in [9.17, 15) is 32.4 Å². The highest BCUT2D eigenvalue weighted by molar-refractivity contribution is 7.91. The summed E-state index contributed by atoms with van der Waals surface area (Å²) in [6.07, 6.45) is 4.83. The van der Waals surface area contributed by atoms with Gasteiger partial charge in [-0.15, -0.1) is 0 Å². The normalized spacial score (nSPS) is 30.7. The van der Waals surface area contributed by atoms with E-state index in [0.29, 0.717) is 50.4 Å². The number of carbonyl (C=O) groups excluding carboxylic acids is 5. The molecule has 3 N–H and O–H groups in total. The van der Waals surface area contributed by atoms with Crippen molar-refractivity contribution in [2.45, 2.75) is 121 Å². The molecular weight excluding hydrogens is 721 g/mol. The van der Waals surface area contributed by atoms with Gasteiger partial charge in [-0.1, -0.05) is 26.0 Å². The SMILES string of the molecule is C[C@@H]1CCC=C[C@@H]2C[C@@]2(C(=O)NS(=O)(=O)C2(C)CC2)NC(=O)[C@@H]2C[C@@H](OC(=O)c3ccc4c(c3)OCCO4)CN2C(=O)[C@@H](NC(=O)OC(C)(C)C)[C@H](C)C1. The number of rotatable bonds is 6. The number of hydrogen-bond donors (Lipinski definition) is 3. The molecule has 0 spiro atoms. The highest BCUT2D eigenvalue weighted by Gasteiger charge is 2.63. The van der Waals surface area contributed by atoms with Gasteiger partial charge in [-0.3, -0.25) is 19.1 Å². The number of fused-ring (bicyclic) bond motifs is 3. The molecule has 3 fully saturated rings. The maximum atomic E-state index is 14.6. The fraction of sp³-hybridized carbons (Fsp3) is 0.658. The Morgan fingerprint density at radius 1 is 1.04 bits per heavy atom. The van der Waals surface area contributed by atoms with E-state index in [1.807, 2.05) is 26.0 Å². The standard InChI is InChI=1S/C38H52N4O11S/c1-22-9-7-8-10-25-20-38(25,34(46)41-54(48,49)37(6)13-14-37)40-31(43)27-19-26(52-33(45)24-11-12-28-29(18-24)51-16-15-50-28)21-42(27)32(44)30(23(2)17-22)39-35(47)53-36(3,4)5/h8,10-12,18,22-23,25-27,30H,7,9,13-17,19-21H2,1-6H3,(H,39,47)(H,40,43)(H,41,46)/t22-,23-,25-,26-,27+,30+,38-/m1/s1. The number of nitrogens with zero attached hydrogens (tertiary/aromatic N) is 1. The number of allylic oxidation sites excluding steroid dienone is 1. The van der Waals surface area contributed by atoms with Gasteiger partial charge in [0.1, 0.15) is 42.5 Å². The van der Waals surface area contributed by atoms with Crippen LogP contribution in [-0.4, -0.2) is 96.9 Å². The minimum Gasteiger partial charge on any atom is -0.486 e. The molecule has 0 radical (unpaired) electrons. The minimum atomic E-state index is -4.02. The Bertz CT molecular complexity index is 1820. The molecule has 1 saturated heterocycles. The average Bonchev–Trinajstić information content (AvgIpc) is 3.97. The minimum absolute atomic E-state index is 0.119. The molecule has 2 saturated carbocycles. The van der Waals surface area contributed by atoms with Crippen LogP contribution in [0.1, 0.15) is 96.8 Å². The molecule has 3 heterocycles. The van der Waals surface area contributed by atoms with Gasteiger partial charge in [-0.2, -0.15) is 0 Å². The maximum absolute atomic E-state index is 14.6. The molecule has 0 aromatic heterocycles. The van der Waals surface area contributed by atoms with Crippen LogP contribution in [0.3, 0.4) is 0 Å². The molecule has 1 aromatic rings. The number of esters is 1. The molecule has 6 rings (SSSR count). The van der Waals surface area contributed by atoms with Gasteiger partial charge < -0.3 is 34.5 Å². The molecule has 0 unspecified atom stereocenters. The van der Waals surface area contributed by atoms with Crippen LogP contribution in [0, 0.1) is 17.8 Å². The van der Waals surface area contributed by atoms with Gasteiger partial charge in [0.2, 0.25) is 21.8 Å². The average molecular weight is 773 g/mol. The summed E-state index contributed by atoms with van der Waals surface area (Å²) in [4.78, 5) is 70.7. The third-order valence-electron chi connectivity index (χ3n) is 11.0. The smallest absolute Gasteiger partial charge is 0.408 e. The lowest BCUT2D eigenvalue weighted by atomic mass is 9.88. The van der Waals surface area contributed by atoms with Gasteiger partial charge in [0.05, 0.1) is 16.9 Å². The van der Waals surface area contributed by atoms with Crippen LogP contribution in [0.4, 0.5) is 4.79 Å². The predicted octanol–water partition coefficient (Wildman–Crippen LogP) is 3.36. The monoisotopic (exact) mass is 772 g/mol. The van der Waals surface area contributed by atoms with Crippen LogP contribution in [0.2, 0.25) is 0 Å². The summed E-state index contributed by atoms with van der Waals surface area (Å²) >= 11 is 0. The zero-order chi connectivity index (χ0) is 39.2. The molecule has 16 heteroatoms. The number of sulfonamides is 1. The van der Waals surface area contributed by atoms with Crippen molar-refractivity contribution in [2.75, 3.05) is 19.8 Å². The Morgan fingerprint density at radius 3 is 2.43 bits per heavy atom. The first-order valence-electron chi connectivity index (χ1n) is 18.8. The molecule has 15 nitrogen and oxygen atoms in total. The van der Waals surface area contributed by atoms with Gasteiger partial charge in [-0.25, -0.2) is 18.0 Å². The zero-order valence-electron chi connectivity index (χ0n) is 31.8. The summed E-state index contributed by atoms with van der Waals surface area (Å²) < 4.78 is 50.0. The van der Waals surface area contributed by atoms with E-state index < -0.39 is 85.7 Å². The Balaban J connectivity index is 1.31. The van der Waals surface area contributed by atoms with E-state index in [1.165, 1.54) is 17.0 Å². The quantitative estimate of drug-likeness (QED) is 0.284. The van der Waals surface area contributed by atoms with Gasteiger partial charge in [0.15, 0.2) is 11.5 Å². The van der Waals surface area contributed by atoms with Crippen LogP contribution in [0.25, 0.3) is 0 Å². The number of hydrogen-bond acceptors (Lipinski definition) is 11. The number of nitrogens with one attached hydrogen (secondary N) is 3. The van der Waals surface area contributed by atoms with Crippen molar-refractivity contribution < 1.29 is 51.3 Å². The summed E-state index contributed by atoms with van der Waals surface area (Å²) in [6, 6.07) is 2.29. The number of amides is 4. The fourth-order valence-electron chi connectivity index (χ4n) is 7.42. The molecule has 296 valence electrons. The summed E-state index contributed by atoms with van der Waals surface area (Å²) in [5.74, 6) is -2.73. The lowest BCUT2D eigenvalue weighted by molar-refractivity contribution is -0.142. The van der Waals surface area contributed by atoms with Crippen molar-refractivity contribution >= 4 is 39.8 Å². The predicted molar refractivity (Wildman–Crippen MR) is 195 cm³/mol. The van der Waals surface area contributed by atoms with Crippen LogP contribution >= 0.6 is 0 Å². The summed E-state index contributed by atoms with van der Waals surface area (Å²) in [5, 5.41) is 5.58. The lowest BCUT2D eigenvalue weighted by Crippen LogP contribution is -2.59. The fourth-order valence-corrected chi connectivity index (χ4v) is 8.73. The number of carbonyl (C=O) groups is 5. The first-order valence-corrected chi connectivity index (χ1v) is 20.3. The Labute approximate surface area is 316 Å². The molecule has 1 aromatic carbocycles. The Morgan fingerprint density at radius 2 is 1.74 bits per heavy atom. The second kappa shape index (κ2) is 14.7. The largest absolute Gasteiger partial charge is 0.486 e. The number of ether oxygens (including phenoxy) is 4. The number of benzene rings is 1. The third kappa shape index (κ3) is 8.47. The highest BCUT2D eigenvalue weighted by Crippen LogP contribution is 2.47. The van der Waals surface area contributed by atoms with Crippen molar-refractivity contribution in [3.63, 3.8) is 0 Å². The van der Waals surface area contributed by atoms with Crippen molar-refractivity contribution in [3.05, 3.63) is 35.9 Å². The van der Waals surface area contributed by atoms with Gasteiger partial charge in [0, 0.05) is 12.3 Å². The summed E-state index contributed by atoms with van der Waals surface area (Å²) in [7, 11) is -4.02. The lowest BCUT2D eigenvalue weighted by Gasteiger charge is -2.33. The van der Waals surface area contributed by atoms with Gasteiger partial charge >= 0.3 is 12.1 Å². The van der Waals surface area contributed by atoms with Crippen molar-refractivity contribution in [3.8, 4) is 11.5 Å². The third-order valence-corrected chi connectivity index (χ3v) is 13.1. The topological polar surface area (TPSA) is 196 Å². The summed E-state index contributed by atoms with van der Waals surface area (Å²) in [6.45, 7) is 11.1. The Kier molecular flexibility index (Phi) is 10.7. The molecule has 0 bridgehead atoms. The molecule has 3 aliphatic heterocycles. The molecule has 7 atom stereocenters. The molecule has 4 amide bonds. The Hall–Kier alpha value is -4.34. The first kappa shape index (κ1) is 39.4. The second-order valence-corrected chi connectivity index (χ2v) is 18.9. The summed E-state index contributed by atoms with van der Waals surface area (Å²) in [5.41, 5.74) is -2.24. The zero-order valence-corrected chi connectivity index (χ0v) is 32.6. The molecule has 54 heavy (non-hydrogen) atoms. The van der Waals surface area contributed by atoms with Crippen LogP contribution in [0.5, 0.6) is 11.5 Å². The van der Waals surface area contributed by atoms with Crippen LogP contribution < -0.4 is 24.8 Å². The van der Waals surface area contributed by atoms with E-state index in [0.717, 1.165) is 6.42 Å². The van der Waals surface area contributed by atoms with E-state index in [4.69, 9.17) is 18.9 Å². The maximum Gasteiger partial charge on any atom is 0.408 e. The van der Waals surface area contributed by atoms with Gasteiger partial charge in [-0.05, 0) is 96.3 Å². The van der Waals surface area contributed by atoms with Crippen molar-refractivity contribution in [1.29, 1.82) is 0 Å². The molecular formula is C38H52N4O11S. The highest BCUT2D eigenvalue weighted by atomic mass is 32.2. The molecule has 2 aliphatic carbocycles. The van der Waals surface area contributed by atoms with Crippen molar-refractivity contribution in [2.24, 2.45) is 17.8 Å². The molecule has 5 aliphatic rings. The van der Waals surface area contributed by atoms with E-state index in [-0.39, 0.29) is 30.9 Å². The van der Waals surface area contributed by atoms with Crippen molar-refractivity contribution in [1.82, 2.24) is 20.3 Å². The van der Waals surface area contributed by atoms with E-state index in [1.54, 1.807) is 33.8 Å². The number of alkyl carbamates (subject to hydrolysis) is 1. The second-order valence-electron chi connectivity index (χ2n) is 16.7.